The molecule has 0 radical (unpaired) electrons. The second-order valence-electron chi connectivity index (χ2n) is 6.67. The van der Waals surface area contributed by atoms with Crippen LogP contribution in [-0.4, -0.2) is 57.8 Å². The third-order valence-corrected chi connectivity index (χ3v) is 5.23. The number of amides is 2. The Kier molecular flexibility index (Phi) is 5.20. The van der Waals surface area contributed by atoms with E-state index in [1.54, 1.807) is 24.3 Å². The maximum absolute atomic E-state index is 12.3. The maximum Gasteiger partial charge on any atom is 0.368 e. The number of aromatic nitrogens is 2. The van der Waals surface area contributed by atoms with E-state index in [4.69, 9.17) is 21.1 Å². The number of ether oxygens (including phenoxy) is 2. The van der Waals surface area contributed by atoms with E-state index in [-0.39, 0.29) is 42.0 Å². The van der Waals surface area contributed by atoms with E-state index in [0.717, 1.165) is 4.90 Å². The minimum Gasteiger partial charge on any atom is -0.472 e. The van der Waals surface area contributed by atoms with Gasteiger partial charge in [-0.3, -0.25) is 24.6 Å². The summed E-state index contributed by atoms with van der Waals surface area (Å²) in [6, 6.07) is 6.43. The highest BCUT2D eigenvalue weighted by Gasteiger charge is 2.35. The van der Waals surface area contributed by atoms with Crippen LogP contribution >= 0.6 is 11.6 Å². The molecule has 152 valence electrons. The molecule has 1 saturated heterocycles. The number of fused-ring (bicyclic) bond motifs is 1. The first kappa shape index (κ1) is 19.3. The molecule has 1 aromatic carbocycles. The summed E-state index contributed by atoms with van der Waals surface area (Å²) in [6.45, 7) is 1.07. The second-order valence-corrected chi connectivity index (χ2v) is 7.03. The van der Waals surface area contributed by atoms with Crippen LogP contribution in [0.25, 0.3) is 0 Å². The third kappa shape index (κ3) is 3.45. The number of hydrogen-bond acceptors (Lipinski definition) is 7. The Morgan fingerprint density at radius 2 is 1.97 bits per heavy atom. The minimum absolute atomic E-state index is 0.0305. The summed E-state index contributed by atoms with van der Waals surface area (Å²) in [5, 5.41) is 15.4. The molecule has 0 spiro atoms. The molecule has 1 atom stereocenters. The molecular formula is C18H17ClN4O6. The molecule has 4 rings (SSSR count). The molecule has 0 saturated carbocycles. The monoisotopic (exact) mass is 420 g/mol. The fourth-order valence-electron chi connectivity index (χ4n) is 3.43. The van der Waals surface area contributed by atoms with Crippen LogP contribution in [0.2, 0.25) is 5.15 Å². The van der Waals surface area contributed by atoms with Crippen LogP contribution < -0.4 is 4.74 Å². The molecule has 0 bridgehead atoms. The minimum atomic E-state index is -0.638. The highest BCUT2D eigenvalue weighted by molar-refractivity contribution is 6.32. The van der Waals surface area contributed by atoms with Gasteiger partial charge in [0.1, 0.15) is 0 Å². The lowest BCUT2D eigenvalue weighted by atomic mass is 10.1. The molecule has 2 amide bonds. The van der Waals surface area contributed by atoms with Gasteiger partial charge in [0, 0.05) is 13.2 Å². The Morgan fingerprint density at radius 1 is 1.28 bits per heavy atom. The van der Waals surface area contributed by atoms with Gasteiger partial charge in [0.05, 0.1) is 35.3 Å². The predicted octanol–water partition coefficient (Wildman–Crippen LogP) is 2.47. The Balaban J connectivity index is 1.40. The van der Waals surface area contributed by atoms with Gasteiger partial charge in [-0.2, -0.15) is 0 Å². The van der Waals surface area contributed by atoms with Crippen molar-refractivity contribution >= 4 is 29.1 Å². The Bertz CT molecular complexity index is 950. The highest BCUT2D eigenvalue weighted by Crippen LogP contribution is 2.37. The topological polar surface area (TPSA) is 117 Å². The number of hydrogen-bond donors (Lipinski definition) is 0. The number of carbonyl (C=O) groups excluding carboxylic acids is 2. The largest absolute Gasteiger partial charge is 0.472 e. The lowest BCUT2D eigenvalue weighted by Gasteiger charge is -2.13. The fourth-order valence-corrected chi connectivity index (χ4v) is 3.75. The molecule has 10 nitrogen and oxygen atoms in total. The van der Waals surface area contributed by atoms with Crippen molar-refractivity contribution in [3.63, 3.8) is 0 Å². The number of benzene rings is 1. The van der Waals surface area contributed by atoms with E-state index in [1.165, 1.54) is 4.68 Å². The zero-order valence-corrected chi connectivity index (χ0v) is 16.0. The van der Waals surface area contributed by atoms with Crippen LogP contribution in [0, 0.1) is 10.1 Å². The Labute approximate surface area is 170 Å². The highest BCUT2D eigenvalue weighted by atomic mass is 35.5. The van der Waals surface area contributed by atoms with E-state index >= 15 is 0 Å². The molecule has 0 N–H and O–H groups in total. The van der Waals surface area contributed by atoms with E-state index in [0.29, 0.717) is 37.2 Å². The van der Waals surface area contributed by atoms with Gasteiger partial charge in [0.25, 0.3) is 11.8 Å². The average molecular weight is 421 g/mol. The SMILES string of the molecule is O=C1c2ccccc2C(=O)N1CCCOc1nn(C2CCOC2)c(Cl)c1[N+](=O)[O-]. The van der Waals surface area contributed by atoms with Crippen molar-refractivity contribution in [2.45, 2.75) is 18.9 Å². The molecule has 1 unspecified atom stereocenters. The molecule has 2 aliphatic rings. The molecular weight excluding hydrogens is 404 g/mol. The lowest BCUT2D eigenvalue weighted by molar-refractivity contribution is -0.385. The van der Waals surface area contributed by atoms with Crippen molar-refractivity contribution in [1.82, 2.24) is 14.7 Å². The van der Waals surface area contributed by atoms with Gasteiger partial charge in [0.2, 0.25) is 5.15 Å². The van der Waals surface area contributed by atoms with Crippen molar-refractivity contribution < 1.29 is 24.0 Å². The van der Waals surface area contributed by atoms with Gasteiger partial charge >= 0.3 is 11.6 Å². The average Bonchev–Trinajstić information content (AvgIpc) is 3.39. The second kappa shape index (κ2) is 7.80. The van der Waals surface area contributed by atoms with Gasteiger partial charge in [0.15, 0.2) is 0 Å². The molecule has 29 heavy (non-hydrogen) atoms. The molecule has 2 aliphatic heterocycles. The number of nitro groups is 1. The van der Waals surface area contributed by atoms with Crippen LogP contribution in [-0.2, 0) is 4.74 Å². The van der Waals surface area contributed by atoms with Crippen LogP contribution in [0.5, 0.6) is 5.88 Å². The van der Waals surface area contributed by atoms with Crippen molar-refractivity contribution in [1.29, 1.82) is 0 Å². The van der Waals surface area contributed by atoms with E-state index in [9.17, 15) is 19.7 Å². The van der Waals surface area contributed by atoms with Crippen molar-refractivity contribution in [3.8, 4) is 5.88 Å². The zero-order valence-electron chi connectivity index (χ0n) is 15.2. The summed E-state index contributed by atoms with van der Waals surface area (Å²) in [7, 11) is 0. The predicted molar refractivity (Wildman–Crippen MR) is 100 cm³/mol. The van der Waals surface area contributed by atoms with Gasteiger partial charge in [-0.25, -0.2) is 4.68 Å². The summed E-state index contributed by atoms with van der Waals surface area (Å²) in [5.41, 5.74) is 0.344. The molecule has 0 aliphatic carbocycles. The number of nitrogens with zero attached hydrogens (tertiary/aromatic N) is 4. The number of carbonyl (C=O) groups is 2. The summed E-state index contributed by atoms with van der Waals surface area (Å²) in [5.74, 6) is -0.899. The Hall–Kier alpha value is -2.98. The Morgan fingerprint density at radius 3 is 2.55 bits per heavy atom. The van der Waals surface area contributed by atoms with Gasteiger partial charge in [-0.05, 0) is 25.0 Å². The first-order valence-corrected chi connectivity index (χ1v) is 9.45. The summed E-state index contributed by atoms with van der Waals surface area (Å²) >= 11 is 6.14. The summed E-state index contributed by atoms with van der Waals surface area (Å²) in [6.07, 6.45) is 0.942. The quantitative estimate of drug-likeness (QED) is 0.292. The maximum atomic E-state index is 12.3. The van der Waals surface area contributed by atoms with Crippen LogP contribution in [0.1, 0.15) is 39.6 Å². The van der Waals surface area contributed by atoms with Crippen molar-refractivity contribution in [3.05, 3.63) is 50.7 Å². The normalized spacial score (nSPS) is 18.4. The van der Waals surface area contributed by atoms with Crippen molar-refractivity contribution in [2.75, 3.05) is 26.4 Å². The molecule has 1 fully saturated rings. The van der Waals surface area contributed by atoms with Gasteiger partial charge < -0.3 is 9.47 Å². The first-order valence-electron chi connectivity index (χ1n) is 9.07. The van der Waals surface area contributed by atoms with Gasteiger partial charge in [-0.15, -0.1) is 5.10 Å². The summed E-state index contributed by atoms with van der Waals surface area (Å²) < 4.78 is 12.1. The first-order chi connectivity index (χ1) is 14.0. The number of imide groups is 1. The van der Waals surface area contributed by atoms with Crippen LogP contribution in [0.4, 0.5) is 5.69 Å². The fraction of sp³-hybridized carbons (Fsp3) is 0.389. The van der Waals surface area contributed by atoms with E-state index in [2.05, 4.69) is 5.10 Å². The third-order valence-electron chi connectivity index (χ3n) is 4.87. The number of halogens is 1. The molecule has 1 aromatic heterocycles. The van der Waals surface area contributed by atoms with Crippen LogP contribution in [0.15, 0.2) is 24.3 Å². The van der Waals surface area contributed by atoms with Crippen molar-refractivity contribution in [2.24, 2.45) is 0 Å². The standard InChI is InChI=1S/C18H17ClN4O6/c19-15-14(23(26)27)16(20-22(15)11-6-9-28-10-11)29-8-3-7-21-17(24)12-4-1-2-5-13(12)18(21)25/h1-2,4-5,11H,3,6-10H2. The molecule has 2 aromatic rings. The van der Waals surface area contributed by atoms with E-state index in [1.807, 2.05) is 0 Å². The summed E-state index contributed by atoms with van der Waals surface area (Å²) in [4.78, 5) is 36.6. The van der Waals surface area contributed by atoms with Gasteiger partial charge in [-0.1, -0.05) is 23.7 Å². The smallest absolute Gasteiger partial charge is 0.368 e. The van der Waals surface area contributed by atoms with Crippen LogP contribution in [0.3, 0.4) is 0 Å². The molecule has 11 heteroatoms. The van der Waals surface area contributed by atoms with E-state index < -0.39 is 10.6 Å². The number of rotatable bonds is 7. The lowest BCUT2D eigenvalue weighted by Crippen LogP contribution is -2.31. The molecule has 3 heterocycles. The zero-order chi connectivity index (χ0) is 20.5.